The number of allylic oxidation sites excluding steroid dienone is 6. The molecule has 3 unspecified atom stereocenters. The molecule has 6 atom stereocenters. The van der Waals surface area contributed by atoms with Crippen LogP contribution in [0.15, 0.2) is 35.1 Å². The number of methoxy groups -OCH3 is 1. The molecule has 26 heavy (non-hydrogen) atoms. The lowest BCUT2D eigenvalue weighted by molar-refractivity contribution is -0.0318. The highest BCUT2D eigenvalue weighted by molar-refractivity contribution is 5.36. The Morgan fingerprint density at radius 2 is 2.00 bits per heavy atom. The van der Waals surface area contributed by atoms with Crippen LogP contribution in [0.5, 0.6) is 0 Å². The van der Waals surface area contributed by atoms with Crippen LogP contribution >= 0.6 is 0 Å². The van der Waals surface area contributed by atoms with E-state index in [1.54, 1.807) is 11.1 Å². The van der Waals surface area contributed by atoms with Gasteiger partial charge >= 0.3 is 0 Å². The quantitative estimate of drug-likeness (QED) is 0.493. The van der Waals surface area contributed by atoms with E-state index in [0.717, 1.165) is 30.1 Å². The topological polar surface area (TPSA) is 9.23 Å². The molecule has 4 aliphatic carbocycles. The fourth-order valence-electron chi connectivity index (χ4n) is 7.67. The van der Waals surface area contributed by atoms with Crippen LogP contribution in [0.1, 0.15) is 79.1 Å². The first-order chi connectivity index (χ1) is 12.4. The lowest BCUT2D eigenvalue weighted by Gasteiger charge is -2.57. The molecule has 2 saturated carbocycles. The summed E-state index contributed by atoms with van der Waals surface area (Å²) in [5.41, 5.74) is 4.20. The largest absolute Gasteiger partial charge is 0.501 e. The molecule has 4 aliphatic rings. The van der Waals surface area contributed by atoms with Crippen LogP contribution in [0.3, 0.4) is 0 Å². The molecule has 0 heterocycles. The van der Waals surface area contributed by atoms with Gasteiger partial charge in [-0.15, -0.1) is 0 Å². The van der Waals surface area contributed by atoms with Crippen molar-refractivity contribution in [1.29, 1.82) is 0 Å². The molecular formula is C25H38O. The number of fused-ring (bicyclic) bond motifs is 5. The standard InChI is InChI=1S/C25H38O/c1-6-7-17(2)21-10-11-22-20-9-8-18-16-19(26-5)12-14-24(18,3)23(20)13-15-25(21,22)4/h7-8,16,20-23H,6,9-15H2,1-5H3/t20?,21-,22?,23?,24+,25-/m1/s1. The maximum Gasteiger partial charge on any atom is 0.0958 e. The SMILES string of the molecule is CCC=C(C)[C@H]1CCC2C3CC=C4C=C(OC)CC[C@]4(C)C3CC[C@@]21C. The molecule has 0 radical (unpaired) electrons. The number of ether oxygens (including phenoxy) is 1. The molecule has 1 nitrogen and oxygen atoms in total. The van der Waals surface area contributed by atoms with Gasteiger partial charge in [-0.1, -0.05) is 38.5 Å². The Morgan fingerprint density at radius 3 is 2.73 bits per heavy atom. The summed E-state index contributed by atoms with van der Waals surface area (Å²) in [4.78, 5) is 0. The third kappa shape index (κ3) is 2.56. The molecular weight excluding hydrogens is 316 g/mol. The summed E-state index contributed by atoms with van der Waals surface area (Å²) in [5.74, 6) is 4.73. The Bertz CT molecular complexity index is 653. The van der Waals surface area contributed by atoms with Gasteiger partial charge in [-0.25, -0.2) is 0 Å². The molecule has 0 aromatic heterocycles. The zero-order valence-corrected chi connectivity index (χ0v) is 17.6. The van der Waals surface area contributed by atoms with Gasteiger partial charge in [0.05, 0.1) is 12.9 Å². The Kier molecular flexibility index (Phi) is 4.65. The highest BCUT2D eigenvalue weighted by Crippen LogP contribution is 2.66. The Morgan fingerprint density at radius 1 is 1.19 bits per heavy atom. The minimum absolute atomic E-state index is 0.388. The minimum atomic E-state index is 0.388. The summed E-state index contributed by atoms with van der Waals surface area (Å²) in [6, 6.07) is 0. The van der Waals surface area contributed by atoms with E-state index in [1.165, 1.54) is 50.7 Å². The number of hydrogen-bond acceptors (Lipinski definition) is 1. The highest BCUT2D eigenvalue weighted by atomic mass is 16.5. The third-order valence-corrected chi connectivity index (χ3v) is 9.07. The fraction of sp³-hybridized carbons (Fsp3) is 0.760. The lowest BCUT2D eigenvalue weighted by atomic mass is 9.48. The monoisotopic (exact) mass is 354 g/mol. The van der Waals surface area contributed by atoms with E-state index in [0.29, 0.717) is 10.8 Å². The zero-order valence-electron chi connectivity index (χ0n) is 17.6. The van der Waals surface area contributed by atoms with Crippen molar-refractivity contribution in [2.24, 2.45) is 34.5 Å². The van der Waals surface area contributed by atoms with Gasteiger partial charge in [0.2, 0.25) is 0 Å². The van der Waals surface area contributed by atoms with E-state index >= 15 is 0 Å². The van der Waals surface area contributed by atoms with Crippen LogP contribution in [0.2, 0.25) is 0 Å². The van der Waals surface area contributed by atoms with E-state index < -0.39 is 0 Å². The molecule has 1 heteroatoms. The van der Waals surface area contributed by atoms with Gasteiger partial charge in [-0.2, -0.15) is 0 Å². The minimum Gasteiger partial charge on any atom is -0.501 e. The molecule has 0 aliphatic heterocycles. The van der Waals surface area contributed by atoms with Crippen molar-refractivity contribution >= 4 is 0 Å². The van der Waals surface area contributed by atoms with Gasteiger partial charge in [-0.05, 0) is 98.0 Å². The first kappa shape index (κ1) is 18.4. The van der Waals surface area contributed by atoms with E-state index in [9.17, 15) is 0 Å². The predicted molar refractivity (Wildman–Crippen MR) is 110 cm³/mol. The molecule has 0 saturated heterocycles. The predicted octanol–water partition coefficient (Wildman–Crippen LogP) is 7.06. The smallest absolute Gasteiger partial charge is 0.0958 e. The molecule has 0 spiro atoms. The van der Waals surface area contributed by atoms with Crippen molar-refractivity contribution < 1.29 is 4.74 Å². The van der Waals surface area contributed by atoms with Gasteiger partial charge in [-0.3, -0.25) is 0 Å². The fourth-order valence-corrected chi connectivity index (χ4v) is 7.67. The molecule has 144 valence electrons. The van der Waals surface area contributed by atoms with Crippen molar-refractivity contribution in [3.05, 3.63) is 35.1 Å². The molecule has 0 bridgehead atoms. The van der Waals surface area contributed by atoms with E-state index in [2.05, 4.69) is 45.9 Å². The molecule has 0 aromatic rings. The maximum atomic E-state index is 5.58. The van der Waals surface area contributed by atoms with Crippen molar-refractivity contribution in [2.45, 2.75) is 79.1 Å². The van der Waals surface area contributed by atoms with Gasteiger partial charge in [0.1, 0.15) is 0 Å². The summed E-state index contributed by atoms with van der Waals surface area (Å²) in [6.45, 7) is 9.90. The maximum absolute atomic E-state index is 5.58. The molecule has 0 N–H and O–H groups in total. The van der Waals surface area contributed by atoms with Crippen molar-refractivity contribution in [2.75, 3.05) is 7.11 Å². The first-order valence-corrected chi connectivity index (χ1v) is 11.1. The summed E-state index contributed by atoms with van der Waals surface area (Å²) < 4.78 is 5.58. The molecule has 2 fully saturated rings. The van der Waals surface area contributed by atoms with E-state index in [-0.39, 0.29) is 0 Å². The van der Waals surface area contributed by atoms with Gasteiger partial charge in [0, 0.05) is 6.42 Å². The average molecular weight is 355 g/mol. The van der Waals surface area contributed by atoms with Crippen LogP contribution in [0.25, 0.3) is 0 Å². The van der Waals surface area contributed by atoms with E-state index in [1.807, 2.05) is 7.11 Å². The van der Waals surface area contributed by atoms with Gasteiger partial charge in [0.25, 0.3) is 0 Å². The van der Waals surface area contributed by atoms with Crippen molar-refractivity contribution in [1.82, 2.24) is 0 Å². The average Bonchev–Trinajstić information content (AvgIpc) is 2.98. The summed E-state index contributed by atoms with van der Waals surface area (Å²) in [7, 11) is 1.83. The van der Waals surface area contributed by atoms with Crippen LogP contribution < -0.4 is 0 Å². The summed E-state index contributed by atoms with van der Waals surface area (Å²) >= 11 is 0. The molecule has 0 amide bonds. The highest BCUT2D eigenvalue weighted by Gasteiger charge is 2.58. The normalized spacial score (nSPS) is 45.2. The number of rotatable bonds is 3. The van der Waals surface area contributed by atoms with Crippen LogP contribution in [-0.2, 0) is 4.74 Å². The van der Waals surface area contributed by atoms with Gasteiger partial charge in [0.15, 0.2) is 0 Å². The second-order valence-corrected chi connectivity index (χ2v) is 10.0. The van der Waals surface area contributed by atoms with Crippen LogP contribution in [-0.4, -0.2) is 7.11 Å². The molecule has 0 aromatic carbocycles. The van der Waals surface area contributed by atoms with Crippen molar-refractivity contribution in [3.8, 4) is 0 Å². The Balaban J connectivity index is 1.64. The zero-order chi connectivity index (χ0) is 18.5. The number of hydrogen-bond donors (Lipinski definition) is 0. The van der Waals surface area contributed by atoms with Crippen LogP contribution in [0.4, 0.5) is 0 Å². The first-order valence-electron chi connectivity index (χ1n) is 11.1. The van der Waals surface area contributed by atoms with E-state index in [4.69, 9.17) is 4.74 Å². The second kappa shape index (κ2) is 6.57. The molecule has 4 rings (SSSR count). The summed E-state index contributed by atoms with van der Waals surface area (Å²) in [5, 5.41) is 0. The second-order valence-electron chi connectivity index (χ2n) is 10.0. The summed E-state index contributed by atoms with van der Waals surface area (Å²) in [6.07, 6.45) is 18.1. The van der Waals surface area contributed by atoms with Gasteiger partial charge < -0.3 is 4.74 Å². The van der Waals surface area contributed by atoms with Crippen LogP contribution in [0, 0.1) is 34.5 Å². The third-order valence-electron chi connectivity index (χ3n) is 9.07. The Labute approximate surface area is 161 Å². The lowest BCUT2D eigenvalue weighted by Crippen LogP contribution is -2.49. The Hall–Kier alpha value is -0.980. The van der Waals surface area contributed by atoms with Crippen molar-refractivity contribution in [3.63, 3.8) is 0 Å².